The van der Waals surface area contributed by atoms with Crippen molar-refractivity contribution in [2.45, 2.75) is 58.0 Å². The fourth-order valence-corrected chi connectivity index (χ4v) is 4.93. The van der Waals surface area contributed by atoms with Crippen LogP contribution in [-0.4, -0.2) is 35.8 Å². The van der Waals surface area contributed by atoms with Crippen LogP contribution in [0.4, 0.5) is 0 Å². The predicted octanol–water partition coefficient (Wildman–Crippen LogP) is 5.32. The first kappa shape index (κ1) is 23.7. The highest BCUT2D eigenvalue weighted by Crippen LogP contribution is 2.48. The molecule has 0 bridgehead atoms. The Morgan fingerprint density at radius 3 is 2.56 bits per heavy atom. The number of phenols is 1. The number of carbonyl (C=O) groups excluding carboxylic acids is 2. The molecule has 2 aromatic carbocycles. The van der Waals surface area contributed by atoms with Gasteiger partial charge >= 0.3 is 5.97 Å². The number of allylic oxidation sites excluding steroid dienone is 2. The third-order valence-corrected chi connectivity index (χ3v) is 6.87. The Balaban J connectivity index is 1.81. The van der Waals surface area contributed by atoms with Crippen molar-refractivity contribution < 1.29 is 24.2 Å². The fraction of sp³-hybridized carbons (Fsp3) is 0.393. The minimum absolute atomic E-state index is 0.000467. The second-order valence-electron chi connectivity index (χ2n) is 9.09. The van der Waals surface area contributed by atoms with Gasteiger partial charge in [-0.3, -0.25) is 14.6 Å². The quantitative estimate of drug-likeness (QED) is 0.589. The number of aliphatic imine (C=N–C) groups is 1. The van der Waals surface area contributed by atoms with Crippen LogP contribution in [0.15, 0.2) is 64.8 Å². The maximum Gasteiger partial charge on any atom is 0.315 e. The molecule has 6 heteroatoms. The van der Waals surface area contributed by atoms with Gasteiger partial charge in [0.2, 0.25) is 0 Å². The minimum atomic E-state index is -0.723. The lowest BCUT2D eigenvalue weighted by Crippen LogP contribution is -2.39. The molecule has 0 aromatic heterocycles. The molecule has 178 valence electrons. The molecular weight excluding hydrogens is 430 g/mol. The molecule has 0 amide bonds. The third kappa shape index (κ3) is 4.49. The number of rotatable bonds is 6. The average molecular weight is 462 g/mol. The second kappa shape index (κ2) is 9.84. The molecule has 34 heavy (non-hydrogen) atoms. The Hall–Kier alpha value is -3.41. The lowest BCUT2D eigenvalue weighted by atomic mass is 9.69. The number of esters is 1. The maximum atomic E-state index is 13.6. The van der Waals surface area contributed by atoms with Gasteiger partial charge in [0.1, 0.15) is 5.92 Å². The van der Waals surface area contributed by atoms with Gasteiger partial charge in [-0.1, -0.05) is 43.3 Å². The normalized spacial score (nSPS) is 23.1. The molecule has 1 N–H and O–H groups in total. The lowest BCUT2D eigenvalue weighted by molar-refractivity contribution is -0.151. The van der Waals surface area contributed by atoms with E-state index < -0.39 is 17.8 Å². The van der Waals surface area contributed by atoms with Crippen LogP contribution in [0.1, 0.15) is 63.0 Å². The first-order valence-electron chi connectivity index (χ1n) is 11.8. The highest BCUT2D eigenvalue weighted by atomic mass is 16.5. The van der Waals surface area contributed by atoms with E-state index in [4.69, 9.17) is 14.5 Å². The summed E-state index contributed by atoms with van der Waals surface area (Å²) in [4.78, 5) is 31.7. The van der Waals surface area contributed by atoms with Gasteiger partial charge in [0.25, 0.3) is 0 Å². The molecular formula is C28H31NO5. The van der Waals surface area contributed by atoms with Gasteiger partial charge in [-0.05, 0) is 55.9 Å². The van der Waals surface area contributed by atoms with Crippen molar-refractivity contribution in [3.8, 4) is 11.5 Å². The highest BCUT2D eigenvalue weighted by molar-refractivity contribution is 6.09. The zero-order chi connectivity index (χ0) is 24.4. The van der Waals surface area contributed by atoms with Crippen molar-refractivity contribution in [2.75, 3.05) is 7.11 Å². The number of carbonyl (C=O) groups is 2. The topological polar surface area (TPSA) is 85.2 Å². The summed E-state index contributed by atoms with van der Waals surface area (Å²) >= 11 is 0. The largest absolute Gasteiger partial charge is 0.504 e. The molecule has 6 nitrogen and oxygen atoms in total. The number of hydrogen-bond donors (Lipinski definition) is 1. The van der Waals surface area contributed by atoms with E-state index in [1.54, 1.807) is 12.1 Å². The smallest absolute Gasteiger partial charge is 0.315 e. The van der Waals surface area contributed by atoms with E-state index in [0.29, 0.717) is 41.9 Å². The number of ether oxygens (including phenoxy) is 2. The summed E-state index contributed by atoms with van der Waals surface area (Å²) in [5, 5.41) is 10.1. The zero-order valence-electron chi connectivity index (χ0n) is 20.1. The molecule has 4 rings (SSSR count). The maximum absolute atomic E-state index is 13.6. The van der Waals surface area contributed by atoms with E-state index in [1.807, 2.05) is 51.1 Å². The summed E-state index contributed by atoms with van der Waals surface area (Å²) < 4.78 is 11.0. The van der Waals surface area contributed by atoms with E-state index >= 15 is 0 Å². The molecule has 0 radical (unpaired) electrons. The molecule has 0 saturated heterocycles. The summed E-state index contributed by atoms with van der Waals surface area (Å²) in [6, 6.07) is 15.0. The van der Waals surface area contributed by atoms with Gasteiger partial charge in [0.15, 0.2) is 17.3 Å². The van der Waals surface area contributed by atoms with Gasteiger partial charge in [0.05, 0.1) is 13.2 Å². The summed E-state index contributed by atoms with van der Waals surface area (Å²) in [5.74, 6) is -1.34. The molecule has 1 aliphatic heterocycles. The molecule has 0 spiro atoms. The van der Waals surface area contributed by atoms with Gasteiger partial charge in [-0.2, -0.15) is 0 Å². The summed E-state index contributed by atoms with van der Waals surface area (Å²) in [5.41, 5.74) is 3.75. The molecule has 1 unspecified atom stereocenters. The van der Waals surface area contributed by atoms with Crippen LogP contribution in [0.2, 0.25) is 0 Å². The molecule has 1 aliphatic carbocycles. The van der Waals surface area contributed by atoms with Crippen LogP contribution in [0.3, 0.4) is 0 Å². The molecule has 4 atom stereocenters. The molecule has 1 heterocycles. The standard InChI is InChI=1S/C28H31NO5/c1-5-16(2)34-28(32)25-17(3)29-21-13-20(18-9-7-6-8-10-18)14-23(31)27(21)26(25)19-11-12-22(30)24(15-19)33-4/h6-12,15-16,20,25-26,30H,5,13-14H2,1-4H3/t16-,20+,25?,26-/m0/s1. The Kier molecular flexibility index (Phi) is 6.87. The minimum Gasteiger partial charge on any atom is -0.504 e. The van der Waals surface area contributed by atoms with Crippen LogP contribution < -0.4 is 4.74 Å². The predicted molar refractivity (Wildman–Crippen MR) is 130 cm³/mol. The Morgan fingerprint density at radius 1 is 1.15 bits per heavy atom. The van der Waals surface area contributed by atoms with Crippen LogP contribution >= 0.6 is 0 Å². The van der Waals surface area contributed by atoms with Crippen molar-refractivity contribution in [1.29, 1.82) is 0 Å². The van der Waals surface area contributed by atoms with Crippen molar-refractivity contribution in [3.63, 3.8) is 0 Å². The van der Waals surface area contributed by atoms with E-state index in [-0.39, 0.29) is 23.6 Å². The number of ketones is 1. The molecule has 2 aromatic rings. The van der Waals surface area contributed by atoms with E-state index in [2.05, 4.69) is 0 Å². The third-order valence-electron chi connectivity index (χ3n) is 6.87. The SMILES string of the molecule is CC[C@H](C)OC(=O)C1C(C)=NC2=C(C(=O)C[C@H](c3ccccc3)C2)[C@H]1c1ccc(O)c(OC)c1. The van der Waals surface area contributed by atoms with Crippen LogP contribution in [0, 0.1) is 5.92 Å². The van der Waals surface area contributed by atoms with Crippen molar-refractivity contribution in [1.82, 2.24) is 0 Å². The number of aromatic hydroxyl groups is 1. The van der Waals surface area contributed by atoms with Gasteiger partial charge in [0, 0.05) is 29.3 Å². The van der Waals surface area contributed by atoms with E-state index in [0.717, 1.165) is 11.3 Å². The van der Waals surface area contributed by atoms with Crippen LogP contribution in [0.25, 0.3) is 0 Å². The number of benzene rings is 2. The molecule has 0 saturated carbocycles. The van der Waals surface area contributed by atoms with E-state index in [9.17, 15) is 14.7 Å². The Morgan fingerprint density at radius 2 is 1.88 bits per heavy atom. The molecule has 0 fully saturated rings. The Bertz CT molecular complexity index is 1150. The first-order chi connectivity index (χ1) is 16.3. The fourth-order valence-electron chi connectivity index (χ4n) is 4.93. The number of methoxy groups -OCH3 is 1. The van der Waals surface area contributed by atoms with E-state index in [1.165, 1.54) is 13.2 Å². The summed E-state index contributed by atoms with van der Waals surface area (Å²) in [7, 11) is 1.47. The van der Waals surface area contributed by atoms with Crippen molar-refractivity contribution in [3.05, 3.63) is 70.9 Å². The molecule has 2 aliphatic rings. The summed E-state index contributed by atoms with van der Waals surface area (Å²) in [6.45, 7) is 5.64. The zero-order valence-corrected chi connectivity index (χ0v) is 20.1. The average Bonchev–Trinajstić information content (AvgIpc) is 2.83. The number of nitrogens with zero attached hydrogens (tertiary/aromatic N) is 1. The monoisotopic (exact) mass is 461 g/mol. The summed E-state index contributed by atoms with van der Waals surface area (Å²) in [6.07, 6.45) is 1.44. The van der Waals surface area contributed by atoms with Gasteiger partial charge < -0.3 is 14.6 Å². The van der Waals surface area contributed by atoms with Crippen molar-refractivity contribution >= 4 is 17.5 Å². The number of Topliss-reactive ketones (excluding diaryl/α,β-unsaturated/α-hetero) is 1. The van der Waals surface area contributed by atoms with Crippen LogP contribution in [0.5, 0.6) is 11.5 Å². The van der Waals surface area contributed by atoms with Crippen LogP contribution in [-0.2, 0) is 14.3 Å². The van der Waals surface area contributed by atoms with Gasteiger partial charge in [-0.25, -0.2) is 0 Å². The lowest BCUT2D eigenvalue weighted by Gasteiger charge is -2.37. The van der Waals surface area contributed by atoms with Crippen molar-refractivity contribution in [2.24, 2.45) is 10.9 Å². The number of hydrogen-bond acceptors (Lipinski definition) is 6. The number of phenolic OH excluding ortho intramolecular Hbond substituents is 1. The highest BCUT2D eigenvalue weighted by Gasteiger charge is 2.45. The second-order valence-corrected chi connectivity index (χ2v) is 9.09. The first-order valence-corrected chi connectivity index (χ1v) is 11.8. The Labute approximate surface area is 200 Å². The van der Waals surface area contributed by atoms with Gasteiger partial charge in [-0.15, -0.1) is 0 Å².